The Morgan fingerprint density at radius 1 is 1.47 bits per heavy atom. The first-order valence-electron chi connectivity index (χ1n) is 6.85. The molecule has 1 fully saturated rings. The summed E-state index contributed by atoms with van der Waals surface area (Å²) in [7, 11) is 0. The molecular formula is C13H26N2O2. The second-order valence-electron chi connectivity index (χ2n) is 4.81. The predicted octanol–water partition coefficient (Wildman–Crippen LogP) is 0.996. The number of amides is 1. The van der Waals surface area contributed by atoms with Crippen molar-refractivity contribution >= 4 is 5.91 Å². The molecule has 1 amide bonds. The largest absolute Gasteiger partial charge is 0.395 e. The van der Waals surface area contributed by atoms with E-state index in [9.17, 15) is 4.79 Å². The van der Waals surface area contributed by atoms with Crippen LogP contribution >= 0.6 is 0 Å². The van der Waals surface area contributed by atoms with Gasteiger partial charge in [0.05, 0.1) is 6.61 Å². The number of rotatable bonds is 7. The summed E-state index contributed by atoms with van der Waals surface area (Å²) in [5.41, 5.74) is 0. The van der Waals surface area contributed by atoms with Crippen LogP contribution in [0.15, 0.2) is 0 Å². The average molecular weight is 242 g/mol. The highest BCUT2D eigenvalue weighted by Crippen LogP contribution is 2.14. The maximum Gasteiger partial charge on any atom is 0.225 e. The van der Waals surface area contributed by atoms with Crippen LogP contribution in [-0.4, -0.2) is 48.2 Å². The van der Waals surface area contributed by atoms with E-state index in [0.717, 1.165) is 32.4 Å². The van der Waals surface area contributed by atoms with Gasteiger partial charge in [-0.25, -0.2) is 0 Å². The summed E-state index contributed by atoms with van der Waals surface area (Å²) in [6.45, 7) is 6.42. The maximum absolute atomic E-state index is 12.3. The van der Waals surface area contributed by atoms with E-state index in [4.69, 9.17) is 5.11 Å². The molecule has 4 heteroatoms. The Bertz CT molecular complexity index is 223. The zero-order valence-electron chi connectivity index (χ0n) is 11.1. The maximum atomic E-state index is 12.3. The van der Waals surface area contributed by atoms with Crippen LogP contribution in [0.3, 0.4) is 0 Å². The fraction of sp³-hybridized carbons (Fsp3) is 0.923. The minimum absolute atomic E-state index is 0.0542. The molecule has 0 radical (unpaired) electrons. The molecule has 1 aliphatic heterocycles. The molecule has 1 unspecified atom stereocenters. The SMILES string of the molecule is CCC(CC)C(=O)N(CCO)CC1CCCN1. The second-order valence-corrected chi connectivity index (χ2v) is 4.81. The molecule has 0 aromatic heterocycles. The Kier molecular flexibility index (Phi) is 6.52. The zero-order valence-corrected chi connectivity index (χ0v) is 11.1. The Morgan fingerprint density at radius 2 is 2.18 bits per heavy atom. The lowest BCUT2D eigenvalue weighted by atomic mass is 10.0. The fourth-order valence-electron chi connectivity index (χ4n) is 2.49. The van der Waals surface area contributed by atoms with Crippen LogP contribution in [0.4, 0.5) is 0 Å². The molecule has 0 aromatic rings. The standard InChI is InChI=1S/C13H26N2O2/c1-3-11(4-2)13(17)15(8-9-16)10-12-6-5-7-14-12/h11-12,14,16H,3-10H2,1-2H3. The molecule has 0 bridgehead atoms. The quantitative estimate of drug-likeness (QED) is 0.700. The van der Waals surface area contributed by atoms with Gasteiger partial charge in [0, 0.05) is 25.0 Å². The van der Waals surface area contributed by atoms with Crippen molar-refractivity contribution in [3.8, 4) is 0 Å². The van der Waals surface area contributed by atoms with Gasteiger partial charge >= 0.3 is 0 Å². The van der Waals surface area contributed by atoms with Gasteiger partial charge in [0.25, 0.3) is 0 Å². The Labute approximate surface area is 104 Å². The number of aliphatic hydroxyl groups excluding tert-OH is 1. The minimum atomic E-state index is 0.0542. The third-order valence-corrected chi connectivity index (χ3v) is 3.62. The van der Waals surface area contributed by atoms with Gasteiger partial charge in [-0.15, -0.1) is 0 Å². The molecular weight excluding hydrogens is 216 g/mol. The van der Waals surface area contributed by atoms with Gasteiger partial charge in [-0.2, -0.15) is 0 Å². The van der Waals surface area contributed by atoms with E-state index in [0.29, 0.717) is 12.6 Å². The lowest BCUT2D eigenvalue weighted by molar-refractivity contribution is -0.136. The number of carbonyl (C=O) groups is 1. The summed E-state index contributed by atoms with van der Waals surface area (Å²) >= 11 is 0. The highest BCUT2D eigenvalue weighted by molar-refractivity contribution is 5.78. The number of hydrogen-bond donors (Lipinski definition) is 2. The molecule has 1 rings (SSSR count). The Balaban J connectivity index is 2.53. The molecule has 4 nitrogen and oxygen atoms in total. The summed E-state index contributed by atoms with van der Waals surface area (Å²) < 4.78 is 0. The molecule has 1 atom stereocenters. The van der Waals surface area contributed by atoms with E-state index in [1.54, 1.807) is 0 Å². The van der Waals surface area contributed by atoms with Crippen molar-refractivity contribution in [1.29, 1.82) is 0 Å². The van der Waals surface area contributed by atoms with E-state index in [-0.39, 0.29) is 18.4 Å². The first-order chi connectivity index (χ1) is 8.22. The van der Waals surface area contributed by atoms with Crippen LogP contribution in [0.5, 0.6) is 0 Å². The van der Waals surface area contributed by atoms with Crippen LogP contribution in [0.1, 0.15) is 39.5 Å². The summed E-state index contributed by atoms with van der Waals surface area (Å²) in [5, 5.41) is 12.5. The van der Waals surface area contributed by atoms with Gasteiger partial charge in [-0.3, -0.25) is 4.79 Å². The lowest BCUT2D eigenvalue weighted by Crippen LogP contribution is -2.44. The van der Waals surface area contributed by atoms with Crippen LogP contribution < -0.4 is 5.32 Å². The number of aliphatic hydroxyl groups is 1. The average Bonchev–Trinajstić information content (AvgIpc) is 2.83. The molecule has 0 aromatic carbocycles. The molecule has 2 N–H and O–H groups in total. The summed E-state index contributed by atoms with van der Waals surface area (Å²) in [4.78, 5) is 14.1. The number of nitrogens with one attached hydrogen (secondary N) is 1. The monoisotopic (exact) mass is 242 g/mol. The van der Waals surface area contributed by atoms with Crippen LogP contribution in [-0.2, 0) is 4.79 Å². The van der Waals surface area contributed by atoms with Crippen LogP contribution in [0.2, 0.25) is 0 Å². The number of carbonyl (C=O) groups excluding carboxylic acids is 1. The molecule has 17 heavy (non-hydrogen) atoms. The van der Waals surface area contributed by atoms with Crippen LogP contribution in [0.25, 0.3) is 0 Å². The van der Waals surface area contributed by atoms with Crippen molar-refractivity contribution in [2.24, 2.45) is 5.92 Å². The van der Waals surface area contributed by atoms with Gasteiger partial charge in [0.1, 0.15) is 0 Å². The summed E-state index contributed by atoms with van der Waals surface area (Å²) in [5.74, 6) is 0.320. The molecule has 100 valence electrons. The van der Waals surface area contributed by atoms with E-state index in [1.165, 1.54) is 6.42 Å². The zero-order chi connectivity index (χ0) is 12.7. The molecule has 1 aliphatic rings. The van der Waals surface area contributed by atoms with Gasteiger partial charge < -0.3 is 15.3 Å². The molecule has 1 heterocycles. The highest BCUT2D eigenvalue weighted by Gasteiger charge is 2.24. The molecule has 0 aliphatic carbocycles. The van der Waals surface area contributed by atoms with Crippen molar-refractivity contribution in [3.05, 3.63) is 0 Å². The van der Waals surface area contributed by atoms with Crippen molar-refractivity contribution in [1.82, 2.24) is 10.2 Å². The van der Waals surface area contributed by atoms with Crippen molar-refractivity contribution in [3.63, 3.8) is 0 Å². The minimum Gasteiger partial charge on any atom is -0.395 e. The number of hydrogen-bond acceptors (Lipinski definition) is 3. The predicted molar refractivity (Wildman–Crippen MR) is 68.8 cm³/mol. The Morgan fingerprint density at radius 3 is 2.65 bits per heavy atom. The van der Waals surface area contributed by atoms with Crippen LogP contribution in [0, 0.1) is 5.92 Å². The van der Waals surface area contributed by atoms with Gasteiger partial charge in [0.15, 0.2) is 0 Å². The van der Waals surface area contributed by atoms with Gasteiger partial charge in [-0.1, -0.05) is 13.8 Å². The van der Waals surface area contributed by atoms with E-state index >= 15 is 0 Å². The summed E-state index contributed by atoms with van der Waals surface area (Å²) in [6.07, 6.45) is 4.10. The van der Waals surface area contributed by atoms with Crippen molar-refractivity contribution in [2.45, 2.75) is 45.6 Å². The molecule has 0 spiro atoms. The smallest absolute Gasteiger partial charge is 0.225 e. The lowest BCUT2D eigenvalue weighted by Gasteiger charge is -2.28. The third kappa shape index (κ3) is 4.28. The normalized spacial score (nSPS) is 19.9. The van der Waals surface area contributed by atoms with Crippen molar-refractivity contribution in [2.75, 3.05) is 26.2 Å². The first kappa shape index (κ1) is 14.5. The highest BCUT2D eigenvalue weighted by atomic mass is 16.3. The fourth-order valence-corrected chi connectivity index (χ4v) is 2.49. The van der Waals surface area contributed by atoms with Gasteiger partial charge in [0.2, 0.25) is 5.91 Å². The molecule has 1 saturated heterocycles. The van der Waals surface area contributed by atoms with E-state index < -0.39 is 0 Å². The third-order valence-electron chi connectivity index (χ3n) is 3.62. The summed E-state index contributed by atoms with van der Waals surface area (Å²) in [6, 6.07) is 0.417. The number of nitrogens with zero attached hydrogens (tertiary/aromatic N) is 1. The van der Waals surface area contributed by atoms with Crippen molar-refractivity contribution < 1.29 is 9.90 Å². The Hall–Kier alpha value is -0.610. The van der Waals surface area contributed by atoms with E-state index in [1.807, 2.05) is 4.90 Å². The van der Waals surface area contributed by atoms with Gasteiger partial charge in [-0.05, 0) is 32.2 Å². The first-order valence-corrected chi connectivity index (χ1v) is 6.85. The van der Waals surface area contributed by atoms with E-state index in [2.05, 4.69) is 19.2 Å². The second kappa shape index (κ2) is 7.67. The molecule has 0 saturated carbocycles. The topological polar surface area (TPSA) is 52.6 Å².